The second-order valence-corrected chi connectivity index (χ2v) is 7.22. The van der Waals surface area contributed by atoms with Gasteiger partial charge in [0.15, 0.2) is 0 Å². The van der Waals surface area contributed by atoms with Crippen molar-refractivity contribution in [1.29, 1.82) is 0 Å². The van der Waals surface area contributed by atoms with Crippen molar-refractivity contribution in [2.45, 2.75) is 71.0 Å². The van der Waals surface area contributed by atoms with Crippen LogP contribution in [-0.2, 0) is 9.53 Å². The van der Waals surface area contributed by atoms with Crippen LogP contribution in [-0.4, -0.2) is 23.3 Å². The van der Waals surface area contributed by atoms with Gasteiger partial charge >= 0.3 is 5.97 Å². The predicted octanol–water partition coefficient (Wildman–Crippen LogP) is 3.47. The Morgan fingerprint density at radius 1 is 1.32 bits per heavy atom. The molecule has 2 saturated carbocycles. The predicted molar refractivity (Wildman–Crippen MR) is 72.9 cm³/mol. The zero-order valence-electron chi connectivity index (χ0n) is 12.1. The molecule has 6 unspecified atom stereocenters. The molecule has 0 aromatic rings. The topological polar surface area (TPSA) is 46.5 Å². The number of hydrogen-bond acceptors (Lipinski definition) is 2. The number of ether oxygens (including phenoxy) is 1. The van der Waals surface area contributed by atoms with E-state index in [1.54, 1.807) is 0 Å². The molecular formula is C16H26O3. The molecule has 4 aliphatic rings. The summed E-state index contributed by atoms with van der Waals surface area (Å²) < 4.78 is 5.87. The maximum absolute atomic E-state index is 11.9. The molecule has 4 fully saturated rings. The van der Waals surface area contributed by atoms with Gasteiger partial charge in [0, 0.05) is 6.42 Å². The normalized spacial score (nSPS) is 49.5. The number of hydrogen-bond donors (Lipinski definition) is 1. The molecule has 19 heavy (non-hydrogen) atoms. The van der Waals surface area contributed by atoms with Crippen molar-refractivity contribution < 1.29 is 14.6 Å². The Labute approximate surface area is 115 Å². The van der Waals surface area contributed by atoms with Gasteiger partial charge in [-0.1, -0.05) is 26.7 Å². The van der Waals surface area contributed by atoms with Gasteiger partial charge in [0.05, 0.1) is 17.6 Å². The third kappa shape index (κ3) is 2.10. The van der Waals surface area contributed by atoms with Crippen LogP contribution < -0.4 is 0 Å². The number of carboxylic acid groups (broad SMARTS) is 1. The van der Waals surface area contributed by atoms with E-state index >= 15 is 0 Å². The molecule has 2 saturated heterocycles. The summed E-state index contributed by atoms with van der Waals surface area (Å²) in [4.78, 5) is 11.9. The fraction of sp³-hybridized carbons (Fsp3) is 0.938. The molecule has 0 aromatic carbocycles. The number of fused-ring (bicyclic) bond motifs is 2. The molecule has 4 rings (SSSR count). The Kier molecular flexibility index (Phi) is 3.36. The van der Waals surface area contributed by atoms with E-state index in [1.165, 1.54) is 12.8 Å². The highest BCUT2D eigenvalue weighted by Crippen LogP contribution is 2.52. The molecule has 3 heteroatoms. The van der Waals surface area contributed by atoms with Crippen molar-refractivity contribution in [3.05, 3.63) is 0 Å². The van der Waals surface area contributed by atoms with Crippen molar-refractivity contribution in [1.82, 2.24) is 0 Å². The minimum Gasteiger partial charge on any atom is -0.481 e. The SMILES string of the molecule is CC1CC2CC(O2)C1CC1(C(=O)O)CCCCC1C. The van der Waals surface area contributed by atoms with Crippen LogP contribution in [0.15, 0.2) is 0 Å². The van der Waals surface area contributed by atoms with Gasteiger partial charge in [-0.3, -0.25) is 4.79 Å². The van der Waals surface area contributed by atoms with Crippen molar-refractivity contribution in [2.75, 3.05) is 0 Å². The summed E-state index contributed by atoms with van der Waals surface area (Å²) in [6, 6.07) is 0. The van der Waals surface area contributed by atoms with Crippen LogP contribution in [0.25, 0.3) is 0 Å². The molecule has 108 valence electrons. The van der Waals surface area contributed by atoms with Gasteiger partial charge in [-0.25, -0.2) is 0 Å². The van der Waals surface area contributed by atoms with Gasteiger partial charge in [-0.2, -0.15) is 0 Å². The molecule has 0 amide bonds. The zero-order chi connectivity index (χ0) is 13.6. The first-order chi connectivity index (χ1) is 9.03. The van der Waals surface area contributed by atoms with Crippen LogP contribution >= 0.6 is 0 Å². The van der Waals surface area contributed by atoms with E-state index in [4.69, 9.17) is 4.74 Å². The number of carboxylic acids is 1. The lowest BCUT2D eigenvalue weighted by molar-refractivity contribution is -0.214. The summed E-state index contributed by atoms with van der Waals surface area (Å²) in [7, 11) is 0. The average molecular weight is 266 g/mol. The van der Waals surface area contributed by atoms with Gasteiger partial charge in [-0.05, 0) is 43.4 Å². The summed E-state index contributed by atoms with van der Waals surface area (Å²) in [5.41, 5.74) is -0.483. The standard InChI is InChI=1S/C16H26O3/c1-10-7-12-8-14(19-12)13(10)9-16(15(17)18)6-4-3-5-11(16)2/h10-14H,3-9H2,1-2H3,(H,17,18). The summed E-state index contributed by atoms with van der Waals surface area (Å²) in [6.07, 6.45) is 8.15. The van der Waals surface area contributed by atoms with Crippen LogP contribution in [0.2, 0.25) is 0 Å². The molecule has 0 radical (unpaired) electrons. The van der Waals surface area contributed by atoms with Crippen LogP contribution in [0.1, 0.15) is 58.8 Å². The van der Waals surface area contributed by atoms with Crippen molar-refractivity contribution in [3.8, 4) is 0 Å². The minimum atomic E-state index is -0.562. The highest BCUT2D eigenvalue weighted by Gasteiger charge is 2.52. The molecule has 2 heterocycles. The number of carbonyl (C=O) groups is 1. The molecule has 1 N–H and O–H groups in total. The molecular weight excluding hydrogens is 240 g/mol. The van der Waals surface area contributed by atoms with Gasteiger partial charge in [-0.15, -0.1) is 0 Å². The second kappa shape index (κ2) is 4.76. The zero-order valence-corrected chi connectivity index (χ0v) is 12.1. The summed E-state index contributed by atoms with van der Waals surface area (Å²) >= 11 is 0. The molecule has 2 bridgehead atoms. The monoisotopic (exact) mass is 266 g/mol. The van der Waals surface area contributed by atoms with E-state index in [1.807, 2.05) is 0 Å². The summed E-state index contributed by atoms with van der Waals surface area (Å²) in [5.74, 6) is 0.835. The highest BCUT2D eigenvalue weighted by atomic mass is 16.5. The first-order valence-electron chi connectivity index (χ1n) is 7.92. The smallest absolute Gasteiger partial charge is 0.309 e. The molecule has 6 atom stereocenters. The Hall–Kier alpha value is -0.570. The van der Waals surface area contributed by atoms with Gasteiger partial charge in [0.2, 0.25) is 0 Å². The van der Waals surface area contributed by atoms with Crippen LogP contribution in [0.5, 0.6) is 0 Å². The van der Waals surface area contributed by atoms with Gasteiger partial charge in [0.25, 0.3) is 0 Å². The van der Waals surface area contributed by atoms with Crippen LogP contribution in [0.4, 0.5) is 0 Å². The lowest BCUT2D eigenvalue weighted by Crippen LogP contribution is -2.54. The van der Waals surface area contributed by atoms with Crippen molar-refractivity contribution >= 4 is 5.97 Å². The quantitative estimate of drug-likeness (QED) is 0.850. The highest BCUT2D eigenvalue weighted by molar-refractivity contribution is 5.75. The lowest BCUT2D eigenvalue weighted by Gasteiger charge is -2.53. The molecule has 2 aliphatic carbocycles. The molecule has 2 aliphatic heterocycles. The van der Waals surface area contributed by atoms with Gasteiger partial charge < -0.3 is 9.84 Å². The summed E-state index contributed by atoms with van der Waals surface area (Å²) in [6.45, 7) is 4.43. The molecule has 3 nitrogen and oxygen atoms in total. The van der Waals surface area contributed by atoms with E-state index in [2.05, 4.69) is 13.8 Å². The largest absolute Gasteiger partial charge is 0.481 e. The first kappa shape index (κ1) is 13.4. The van der Waals surface area contributed by atoms with E-state index < -0.39 is 11.4 Å². The molecule has 0 aromatic heterocycles. The second-order valence-electron chi connectivity index (χ2n) is 7.22. The Morgan fingerprint density at radius 3 is 2.63 bits per heavy atom. The maximum Gasteiger partial charge on any atom is 0.309 e. The third-order valence-electron chi connectivity index (χ3n) is 6.18. The number of rotatable bonds is 3. The van der Waals surface area contributed by atoms with Crippen LogP contribution in [0.3, 0.4) is 0 Å². The molecule has 0 spiro atoms. The fourth-order valence-corrected chi connectivity index (χ4v) is 4.75. The fourth-order valence-electron chi connectivity index (χ4n) is 4.75. The van der Waals surface area contributed by atoms with Gasteiger partial charge in [0.1, 0.15) is 0 Å². The van der Waals surface area contributed by atoms with E-state index in [-0.39, 0.29) is 0 Å². The Morgan fingerprint density at radius 2 is 2.05 bits per heavy atom. The van der Waals surface area contributed by atoms with Crippen molar-refractivity contribution in [3.63, 3.8) is 0 Å². The first-order valence-corrected chi connectivity index (χ1v) is 7.92. The van der Waals surface area contributed by atoms with E-state index in [9.17, 15) is 9.90 Å². The maximum atomic E-state index is 11.9. The van der Waals surface area contributed by atoms with Crippen molar-refractivity contribution in [2.24, 2.45) is 23.2 Å². The average Bonchev–Trinajstić information content (AvgIpc) is 2.32. The van der Waals surface area contributed by atoms with E-state index in [0.717, 1.165) is 32.1 Å². The lowest BCUT2D eigenvalue weighted by atomic mass is 9.58. The Balaban J connectivity index is 1.79. The Bertz CT molecular complexity index is 359. The third-order valence-corrected chi connectivity index (χ3v) is 6.18. The van der Waals surface area contributed by atoms with E-state index in [0.29, 0.717) is 30.0 Å². The van der Waals surface area contributed by atoms with Crippen LogP contribution in [0, 0.1) is 23.2 Å². The minimum absolute atomic E-state index is 0.309. The summed E-state index contributed by atoms with van der Waals surface area (Å²) in [5, 5.41) is 9.83. The number of aliphatic carboxylic acids is 1.